The molecular formula is C13H28N2S. The van der Waals surface area contributed by atoms with Gasteiger partial charge in [-0.1, -0.05) is 13.3 Å². The predicted molar refractivity (Wildman–Crippen MR) is 75.0 cm³/mol. The van der Waals surface area contributed by atoms with E-state index >= 15 is 0 Å². The number of hydrogen-bond donors (Lipinski definition) is 1. The normalized spacial score (nSPS) is 28.3. The first-order valence-corrected chi connectivity index (χ1v) is 8.01. The highest BCUT2D eigenvalue weighted by Gasteiger charge is 2.22. The second-order valence-electron chi connectivity index (χ2n) is 5.25. The fourth-order valence-corrected chi connectivity index (χ4v) is 3.68. The lowest BCUT2D eigenvalue weighted by Gasteiger charge is -2.33. The van der Waals surface area contributed by atoms with Gasteiger partial charge in [-0.05, 0) is 44.9 Å². The van der Waals surface area contributed by atoms with Gasteiger partial charge >= 0.3 is 0 Å². The SMILES string of the molecule is CCC(CSC)N(C)CC1CCCC(N)C1. The zero-order valence-electron chi connectivity index (χ0n) is 11.1. The highest BCUT2D eigenvalue weighted by atomic mass is 32.2. The molecule has 3 heteroatoms. The monoisotopic (exact) mass is 244 g/mol. The van der Waals surface area contributed by atoms with Crippen molar-refractivity contribution in [2.45, 2.75) is 51.1 Å². The lowest BCUT2D eigenvalue weighted by atomic mass is 9.85. The molecule has 96 valence electrons. The molecule has 3 unspecified atom stereocenters. The van der Waals surface area contributed by atoms with E-state index in [9.17, 15) is 0 Å². The number of nitrogens with zero attached hydrogens (tertiary/aromatic N) is 1. The van der Waals surface area contributed by atoms with Crippen LogP contribution >= 0.6 is 11.8 Å². The largest absolute Gasteiger partial charge is 0.328 e. The zero-order valence-corrected chi connectivity index (χ0v) is 11.9. The fourth-order valence-electron chi connectivity index (χ4n) is 2.80. The maximum absolute atomic E-state index is 6.05. The van der Waals surface area contributed by atoms with Crippen molar-refractivity contribution in [1.82, 2.24) is 4.90 Å². The van der Waals surface area contributed by atoms with Crippen molar-refractivity contribution in [3.8, 4) is 0 Å². The van der Waals surface area contributed by atoms with Gasteiger partial charge in [0.05, 0.1) is 0 Å². The van der Waals surface area contributed by atoms with Gasteiger partial charge in [0.2, 0.25) is 0 Å². The Morgan fingerprint density at radius 2 is 2.19 bits per heavy atom. The summed E-state index contributed by atoms with van der Waals surface area (Å²) in [6.45, 7) is 3.54. The summed E-state index contributed by atoms with van der Waals surface area (Å²) >= 11 is 1.96. The second kappa shape index (κ2) is 7.57. The Bertz CT molecular complexity index is 187. The molecule has 2 N–H and O–H groups in total. The van der Waals surface area contributed by atoms with Crippen LogP contribution in [0.3, 0.4) is 0 Å². The molecule has 1 rings (SSSR count). The van der Waals surface area contributed by atoms with Crippen LogP contribution in [-0.4, -0.2) is 42.6 Å². The van der Waals surface area contributed by atoms with Crippen LogP contribution in [0.15, 0.2) is 0 Å². The van der Waals surface area contributed by atoms with Gasteiger partial charge in [-0.2, -0.15) is 11.8 Å². The van der Waals surface area contributed by atoms with E-state index < -0.39 is 0 Å². The van der Waals surface area contributed by atoms with Crippen LogP contribution in [0.4, 0.5) is 0 Å². The highest BCUT2D eigenvalue weighted by Crippen LogP contribution is 2.24. The van der Waals surface area contributed by atoms with Crippen LogP contribution in [0.1, 0.15) is 39.0 Å². The number of thioether (sulfide) groups is 1. The van der Waals surface area contributed by atoms with E-state index in [1.165, 1.54) is 44.4 Å². The topological polar surface area (TPSA) is 29.3 Å². The minimum absolute atomic E-state index is 0.466. The van der Waals surface area contributed by atoms with Gasteiger partial charge in [-0.3, -0.25) is 0 Å². The molecule has 0 aliphatic heterocycles. The Morgan fingerprint density at radius 3 is 2.75 bits per heavy atom. The first-order valence-electron chi connectivity index (χ1n) is 6.62. The van der Waals surface area contributed by atoms with Gasteiger partial charge < -0.3 is 10.6 Å². The van der Waals surface area contributed by atoms with Crippen molar-refractivity contribution in [1.29, 1.82) is 0 Å². The molecule has 0 saturated heterocycles. The quantitative estimate of drug-likeness (QED) is 0.779. The molecule has 0 radical (unpaired) electrons. The molecule has 0 amide bonds. The van der Waals surface area contributed by atoms with E-state index in [4.69, 9.17) is 5.73 Å². The molecule has 0 heterocycles. The van der Waals surface area contributed by atoms with Gasteiger partial charge in [0.1, 0.15) is 0 Å². The smallest absolute Gasteiger partial charge is 0.0180 e. The van der Waals surface area contributed by atoms with Gasteiger partial charge in [-0.15, -0.1) is 0 Å². The Kier molecular flexibility index (Phi) is 6.78. The standard InChI is InChI=1S/C13H28N2S/c1-4-13(10-16-3)15(2)9-11-6-5-7-12(14)8-11/h11-13H,4-10,14H2,1-3H3. The van der Waals surface area contributed by atoms with Gasteiger partial charge in [-0.25, -0.2) is 0 Å². The van der Waals surface area contributed by atoms with Crippen LogP contribution in [0, 0.1) is 5.92 Å². The van der Waals surface area contributed by atoms with Crippen LogP contribution < -0.4 is 5.73 Å². The molecular weight excluding hydrogens is 216 g/mol. The lowest BCUT2D eigenvalue weighted by molar-refractivity contribution is 0.183. The summed E-state index contributed by atoms with van der Waals surface area (Å²) in [6.07, 6.45) is 8.65. The van der Waals surface area contributed by atoms with E-state index in [1.54, 1.807) is 0 Å². The third kappa shape index (κ3) is 4.64. The number of rotatable bonds is 6. The fraction of sp³-hybridized carbons (Fsp3) is 1.00. The molecule has 0 aromatic heterocycles. The van der Waals surface area contributed by atoms with Crippen molar-refractivity contribution < 1.29 is 0 Å². The second-order valence-corrected chi connectivity index (χ2v) is 6.16. The van der Waals surface area contributed by atoms with Crippen LogP contribution in [-0.2, 0) is 0 Å². The third-order valence-electron chi connectivity index (χ3n) is 3.82. The minimum Gasteiger partial charge on any atom is -0.328 e. The van der Waals surface area contributed by atoms with E-state index in [-0.39, 0.29) is 0 Å². The van der Waals surface area contributed by atoms with Crippen LogP contribution in [0.5, 0.6) is 0 Å². The molecule has 2 nitrogen and oxygen atoms in total. The van der Waals surface area contributed by atoms with E-state index in [0.717, 1.165) is 12.0 Å². The van der Waals surface area contributed by atoms with Gasteiger partial charge in [0, 0.05) is 24.4 Å². The predicted octanol–water partition coefficient (Wildman–Crippen LogP) is 2.58. The molecule has 1 aliphatic rings. The summed E-state index contributed by atoms with van der Waals surface area (Å²) in [5, 5.41) is 0. The van der Waals surface area contributed by atoms with Crippen molar-refractivity contribution in [3.05, 3.63) is 0 Å². The summed E-state index contributed by atoms with van der Waals surface area (Å²) in [6, 6.07) is 1.21. The number of hydrogen-bond acceptors (Lipinski definition) is 3. The highest BCUT2D eigenvalue weighted by molar-refractivity contribution is 7.98. The first kappa shape index (κ1) is 14.3. The van der Waals surface area contributed by atoms with E-state index in [0.29, 0.717) is 6.04 Å². The zero-order chi connectivity index (χ0) is 12.0. The summed E-state index contributed by atoms with van der Waals surface area (Å²) in [7, 11) is 2.28. The average molecular weight is 244 g/mol. The molecule has 16 heavy (non-hydrogen) atoms. The molecule has 0 aromatic carbocycles. The summed E-state index contributed by atoms with van der Waals surface area (Å²) in [5.41, 5.74) is 6.05. The Hall–Kier alpha value is 0.270. The van der Waals surface area contributed by atoms with Gasteiger partial charge in [0.15, 0.2) is 0 Å². The Balaban J connectivity index is 2.33. The molecule has 0 bridgehead atoms. The van der Waals surface area contributed by atoms with Crippen molar-refractivity contribution in [2.24, 2.45) is 11.7 Å². The van der Waals surface area contributed by atoms with Crippen molar-refractivity contribution in [2.75, 3.05) is 25.6 Å². The maximum Gasteiger partial charge on any atom is 0.0180 e. The maximum atomic E-state index is 6.05. The minimum atomic E-state index is 0.466. The molecule has 1 fully saturated rings. The lowest BCUT2D eigenvalue weighted by Crippen LogP contribution is -2.39. The van der Waals surface area contributed by atoms with Crippen LogP contribution in [0.2, 0.25) is 0 Å². The third-order valence-corrected chi connectivity index (χ3v) is 4.54. The van der Waals surface area contributed by atoms with Gasteiger partial charge in [0.25, 0.3) is 0 Å². The Labute approximate surface area is 105 Å². The molecule has 3 atom stereocenters. The van der Waals surface area contributed by atoms with Crippen LogP contribution in [0.25, 0.3) is 0 Å². The van der Waals surface area contributed by atoms with Crippen molar-refractivity contribution in [3.63, 3.8) is 0 Å². The summed E-state index contributed by atoms with van der Waals surface area (Å²) < 4.78 is 0. The first-order chi connectivity index (χ1) is 7.67. The van der Waals surface area contributed by atoms with Crippen molar-refractivity contribution >= 4 is 11.8 Å². The summed E-state index contributed by atoms with van der Waals surface area (Å²) in [5.74, 6) is 2.09. The average Bonchev–Trinajstić information content (AvgIpc) is 2.25. The summed E-state index contributed by atoms with van der Waals surface area (Å²) in [4.78, 5) is 2.55. The molecule has 0 aromatic rings. The van der Waals surface area contributed by atoms with E-state index in [2.05, 4.69) is 25.1 Å². The Morgan fingerprint density at radius 1 is 1.44 bits per heavy atom. The molecule has 1 saturated carbocycles. The number of nitrogens with two attached hydrogens (primary N) is 1. The molecule has 1 aliphatic carbocycles. The van der Waals surface area contributed by atoms with E-state index in [1.807, 2.05) is 11.8 Å². The molecule has 0 spiro atoms.